The molecule has 0 bridgehead atoms. The zero-order chi connectivity index (χ0) is 21.2. The van der Waals surface area contributed by atoms with Crippen molar-refractivity contribution >= 4 is 25.5 Å². The minimum Gasteiger partial charge on any atom is -0.492 e. The monoisotopic (exact) mass is 435 g/mol. The van der Waals surface area contributed by atoms with Gasteiger partial charge in [0, 0.05) is 6.07 Å². The summed E-state index contributed by atoms with van der Waals surface area (Å²) in [5.74, 6) is -1.50. The Morgan fingerprint density at radius 1 is 0.862 bits per heavy atom. The first-order valence-electron chi connectivity index (χ1n) is 8.42. The van der Waals surface area contributed by atoms with Crippen LogP contribution in [0.4, 0.5) is 10.1 Å². The maximum Gasteiger partial charge on any atom is 0.261 e. The van der Waals surface area contributed by atoms with Crippen molar-refractivity contribution in [2.24, 2.45) is 0 Å². The number of sulfonamides is 1. The van der Waals surface area contributed by atoms with Gasteiger partial charge in [-0.25, -0.2) is 21.2 Å². The predicted octanol–water partition coefficient (Wildman–Crippen LogP) is 3.78. The highest BCUT2D eigenvalue weighted by atomic mass is 32.2. The maximum atomic E-state index is 14.6. The van der Waals surface area contributed by atoms with Gasteiger partial charge in [0.25, 0.3) is 10.0 Å². The lowest BCUT2D eigenvalue weighted by molar-refractivity contribution is 0.374. The minimum atomic E-state index is -4.15. The van der Waals surface area contributed by atoms with Crippen LogP contribution in [0.1, 0.15) is 5.56 Å². The van der Waals surface area contributed by atoms with Crippen LogP contribution in [0.15, 0.2) is 81.4 Å². The molecule has 0 heterocycles. The van der Waals surface area contributed by atoms with E-state index < -0.39 is 36.3 Å². The molecular weight excluding hydrogens is 417 g/mol. The topological polar surface area (TPSA) is 89.5 Å². The van der Waals surface area contributed by atoms with Crippen LogP contribution >= 0.6 is 0 Å². The highest BCUT2D eigenvalue weighted by molar-refractivity contribution is 7.92. The smallest absolute Gasteiger partial charge is 0.261 e. The van der Waals surface area contributed by atoms with Crippen molar-refractivity contribution in [1.29, 1.82) is 0 Å². The molecule has 0 aromatic heterocycles. The number of sulfone groups is 1. The minimum absolute atomic E-state index is 0.0354. The number of hydrogen-bond donors (Lipinski definition) is 1. The second-order valence-electron chi connectivity index (χ2n) is 6.22. The van der Waals surface area contributed by atoms with Crippen LogP contribution in [0.2, 0.25) is 0 Å². The van der Waals surface area contributed by atoms with E-state index in [1.807, 2.05) is 6.92 Å². The van der Waals surface area contributed by atoms with Gasteiger partial charge in [0.15, 0.2) is 11.6 Å². The molecule has 0 saturated carbocycles. The molecule has 3 rings (SSSR count). The molecule has 0 spiro atoms. The molecule has 0 aliphatic rings. The first kappa shape index (κ1) is 20.8. The van der Waals surface area contributed by atoms with Crippen LogP contribution < -0.4 is 9.46 Å². The quantitative estimate of drug-likeness (QED) is 0.637. The summed E-state index contributed by atoms with van der Waals surface area (Å²) in [6, 6.07) is 15.4. The number of ether oxygens (including phenoxy) is 1. The maximum absolute atomic E-state index is 14.6. The number of nitrogens with one attached hydrogen (secondary N) is 1. The van der Waals surface area contributed by atoms with E-state index in [1.54, 1.807) is 18.2 Å². The van der Waals surface area contributed by atoms with E-state index >= 15 is 0 Å². The molecule has 0 radical (unpaired) electrons. The molecule has 9 heteroatoms. The van der Waals surface area contributed by atoms with Gasteiger partial charge in [-0.3, -0.25) is 4.72 Å². The summed E-state index contributed by atoms with van der Waals surface area (Å²) in [5.41, 5.74) is 0.633. The van der Waals surface area contributed by atoms with Gasteiger partial charge in [-0.2, -0.15) is 0 Å². The highest BCUT2D eigenvalue weighted by Gasteiger charge is 2.26. The molecule has 3 aromatic rings. The Bertz CT molecular complexity index is 1240. The number of hydrogen-bond acceptors (Lipinski definition) is 5. The van der Waals surface area contributed by atoms with Gasteiger partial charge in [-0.1, -0.05) is 35.9 Å². The Balaban J connectivity index is 2.10. The highest BCUT2D eigenvalue weighted by Crippen LogP contribution is 2.35. The molecule has 0 aliphatic heterocycles. The number of methoxy groups -OCH3 is 1. The van der Waals surface area contributed by atoms with Crippen molar-refractivity contribution < 1.29 is 26.0 Å². The predicted molar refractivity (Wildman–Crippen MR) is 107 cm³/mol. The zero-order valence-electron chi connectivity index (χ0n) is 15.6. The summed E-state index contributed by atoms with van der Waals surface area (Å²) in [7, 11) is -7.06. The van der Waals surface area contributed by atoms with Crippen molar-refractivity contribution in [3.05, 3.63) is 78.1 Å². The van der Waals surface area contributed by atoms with Crippen LogP contribution in [0.5, 0.6) is 5.75 Å². The van der Waals surface area contributed by atoms with Gasteiger partial charge in [0.2, 0.25) is 9.84 Å². The fraction of sp³-hybridized carbons (Fsp3) is 0.100. The molecule has 1 N–H and O–H groups in total. The fourth-order valence-corrected chi connectivity index (χ4v) is 5.20. The Kier molecular flexibility index (Phi) is 5.63. The molecular formula is C20H18FNO5S2. The summed E-state index contributed by atoms with van der Waals surface area (Å²) in [6.45, 7) is 1.81. The normalized spacial score (nSPS) is 11.8. The number of rotatable bonds is 6. The zero-order valence-corrected chi connectivity index (χ0v) is 17.2. The summed E-state index contributed by atoms with van der Waals surface area (Å²) in [4.78, 5) is -0.587. The number of anilines is 1. The lowest BCUT2D eigenvalue weighted by Crippen LogP contribution is -2.14. The standard InChI is InChI=1S/C20H18FNO5S2/c1-14-8-10-17(11-9-14)29(25,26)22-15-12-18(21)20(27-2)19(13-15)28(23,24)16-6-4-3-5-7-16/h3-13,22H,1-2H3. The van der Waals surface area contributed by atoms with Crippen LogP contribution in [-0.4, -0.2) is 23.9 Å². The van der Waals surface area contributed by atoms with Crippen molar-refractivity contribution in [2.45, 2.75) is 21.6 Å². The molecule has 0 fully saturated rings. The Hall–Kier alpha value is -2.91. The fourth-order valence-electron chi connectivity index (χ4n) is 2.68. The second-order valence-corrected chi connectivity index (χ2v) is 9.83. The van der Waals surface area contributed by atoms with Gasteiger partial charge in [-0.15, -0.1) is 0 Å². The SMILES string of the molecule is COc1c(F)cc(NS(=O)(=O)c2ccc(C)cc2)cc1S(=O)(=O)c1ccccc1. The second kappa shape index (κ2) is 7.84. The van der Waals surface area contributed by atoms with Crippen LogP contribution in [0.3, 0.4) is 0 Å². The molecule has 6 nitrogen and oxygen atoms in total. The van der Waals surface area contributed by atoms with E-state index in [0.717, 1.165) is 24.8 Å². The molecule has 29 heavy (non-hydrogen) atoms. The Morgan fingerprint density at radius 3 is 2.07 bits per heavy atom. The Morgan fingerprint density at radius 2 is 1.48 bits per heavy atom. The van der Waals surface area contributed by atoms with E-state index in [-0.39, 0.29) is 15.5 Å². The third-order valence-corrected chi connectivity index (χ3v) is 7.31. The first-order valence-corrected chi connectivity index (χ1v) is 11.4. The average Bonchev–Trinajstić information content (AvgIpc) is 2.68. The third kappa shape index (κ3) is 4.25. The molecule has 0 amide bonds. The summed E-state index contributed by atoms with van der Waals surface area (Å²) in [5, 5.41) is 0. The van der Waals surface area contributed by atoms with E-state index in [0.29, 0.717) is 0 Å². The lowest BCUT2D eigenvalue weighted by Gasteiger charge is -2.14. The van der Waals surface area contributed by atoms with Gasteiger partial charge >= 0.3 is 0 Å². The van der Waals surface area contributed by atoms with E-state index in [1.165, 1.54) is 36.4 Å². The lowest BCUT2D eigenvalue weighted by atomic mass is 10.2. The first-order chi connectivity index (χ1) is 13.6. The molecule has 0 atom stereocenters. The van der Waals surface area contributed by atoms with E-state index in [4.69, 9.17) is 4.74 Å². The van der Waals surface area contributed by atoms with Crippen molar-refractivity contribution in [3.63, 3.8) is 0 Å². The van der Waals surface area contributed by atoms with Gasteiger partial charge < -0.3 is 4.74 Å². The van der Waals surface area contributed by atoms with Gasteiger partial charge in [0.1, 0.15) is 4.90 Å². The summed E-state index contributed by atoms with van der Waals surface area (Å²) >= 11 is 0. The van der Waals surface area contributed by atoms with Crippen molar-refractivity contribution in [2.75, 3.05) is 11.8 Å². The number of aryl methyl sites for hydroxylation is 1. The van der Waals surface area contributed by atoms with E-state index in [2.05, 4.69) is 4.72 Å². The summed E-state index contributed by atoms with van der Waals surface area (Å²) < 4.78 is 72.8. The number of benzene rings is 3. The largest absolute Gasteiger partial charge is 0.492 e. The third-order valence-electron chi connectivity index (χ3n) is 4.14. The van der Waals surface area contributed by atoms with Crippen LogP contribution in [-0.2, 0) is 19.9 Å². The molecule has 0 saturated heterocycles. The van der Waals surface area contributed by atoms with Crippen LogP contribution in [0.25, 0.3) is 0 Å². The average molecular weight is 435 g/mol. The van der Waals surface area contributed by atoms with Crippen molar-refractivity contribution in [3.8, 4) is 5.75 Å². The molecule has 0 aliphatic carbocycles. The molecule has 3 aromatic carbocycles. The van der Waals surface area contributed by atoms with Crippen LogP contribution in [0, 0.1) is 12.7 Å². The molecule has 0 unspecified atom stereocenters. The van der Waals surface area contributed by atoms with Crippen molar-refractivity contribution in [1.82, 2.24) is 0 Å². The van der Waals surface area contributed by atoms with Gasteiger partial charge in [0.05, 0.1) is 22.6 Å². The van der Waals surface area contributed by atoms with E-state index in [9.17, 15) is 21.2 Å². The summed E-state index contributed by atoms with van der Waals surface area (Å²) in [6.07, 6.45) is 0. The molecule has 152 valence electrons. The Labute approximate surface area is 168 Å². The number of halogens is 1. The van der Waals surface area contributed by atoms with Gasteiger partial charge in [-0.05, 0) is 37.3 Å².